The van der Waals surface area contributed by atoms with E-state index in [1.807, 2.05) is 6.92 Å². The second kappa shape index (κ2) is 7.56. The van der Waals surface area contributed by atoms with Gasteiger partial charge in [-0.15, -0.1) is 0 Å². The molecule has 0 aromatic carbocycles. The van der Waals surface area contributed by atoms with Crippen molar-refractivity contribution < 1.29 is 14.3 Å². The van der Waals surface area contributed by atoms with Crippen LogP contribution in [0.15, 0.2) is 6.20 Å². The number of aromatic nitrogens is 3. The molecule has 0 spiro atoms. The molecule has 0 radical (unpaired) electrons. The molecule has 0 amide bonds. The predicted octanol–water partition coefficient (Wildman–Crippen LogP) is 2.72. The Labute approximate surface area is 162 Å². The number of fused-ring (bicyclic) bond motifs is 1. The quantitative estimate of drug-likeness (QED) is 0.612. The van der Waals surface area contributed by atoms with Gasteiger partial charge in [0.15, 0.2) is 0 Å². The number of anilines is 2. The minimum absolute atomic E-state index is 0.142. The summed E-state index contributed by atoms with van der Waals surface area (Å²) in [6.45, 7) is 5.19. The van der Waals surface area contributed by atoms with Gasteiger partial charge in [-0.1, -0.05) is 18.5 Å². The van der Waals surface area contributed by atoms with Gasteiger partial charge in [-0.25, -0.2) is 9.78 Å². The molecular weight excluding hydrogens is 370 g/mol. The maximum absolute atomic E-state index is 11.9. The second-order valence-electron chi connectivity index (χ2n) is 6.36. The minimum atomic E-state index is -0.487. The zero-order chi connectivity index (χ0) is 19.7. The van der Waals surface area contributed by atoms with Crippen molar-refractivity contribution in [3.63, 3.8) is 0 Å². The first-order valence-corrected chi connectivity index (χ1v) is 8.97. The number of hydrogen-bond acceptors (Lipinski definition) is 8. The van der Waals surface area contributed by atoms with Crippen molar-refractivity contribution >= 4 is 29.3 Å². The lowest BCUT2D eigenvalue weighted by Crippen LogP contribution is -2.24. The zero-order valence-corrected chi connectivity index (χ0v) is 16.5. The van der Waals surface area contributed by atoms with E-state index in [1.165, 1.54) is 20.4 Å². The predicted molar refractivity (Wildman–Crippen MR) is 102 cm³/mol. The Bertz CT molecular complexity index is 890. The highest BCUT2D eigenvalue weighted by Crippen LogP contribution is 2.41. The van der Waals surface area contributed by atoms with Crippen LogP contribution in [0.4, 0.5) is 11.8 Å². The van der Waals surface area contributed by atoms with Crippen LogP contribution in [0.1, 0.15) is 46.4 Å². The number of pyridine rings is 1. The van der Waals surface area contributed by atoms with Crippen LogP contribution >= 0.6 is 11.6 Å². The van der Waals surface area contributed by atoms with Crippen LogP contribution in [0.25, 0.3) is 0 Å². The van der Waals surface area contributed by atoms with E-state index in [4.69, 9.17) is 26.8 Å². The summed E-state index contributed by atoms with van der Waals surface area (Å²) in [6, 6.07) is 0. The van der Waals surface area contributed by atoms with Crippen LogP contribution in [0, 0.1) is 6.92 Å². The smallest absolute Gasteiger partial charge is 0.343 e. The van der Waals surface area contributed by atoms with Crippen LogP contribution in [0.3, 0.4) is 0 Å². The molecule has 8 nitrogen and oxygen atoms in total. The van der Waals surface area contributed by atoms with Gasteiger partial charge in [-0.2, -0.15) is 4.98 Å². The molecule has 0 saturated carbocycles. The van der Waals surface area contributed by atoms with Crippen molar-refractivity contribution in [1.82, 2.24) is 15.0 Å². The molecule has 1 aliphatic heterocycles. The highest BCUT2D eigenvalue weighted by atomic mass is 35.5. The number of nitrogen functional groups attached to an aromatic ring is 1. The van der Waals surface area contributed by atoms with E-state index in [-0.39, 0.29) is 11.9 Å². The van der Waals surface area contributed by atoms with Gasteiger partial charge >= 0.3 is 5.97 Å². The summed E-state index contributed by atoms with van der Waals surface area (Å²) >= 11 is 6.32. The van der Waals surface area contributed by atoms with Crippen molar-refractivity contribution in [2.75, 3.05) is 31.4 Å². The highest BCUT2D eigenvalue weighted by molar-refractivity contribution is 6.30. The molecule has 2 aromatic rings. The number of carbonyl (C=O) groups excluding carboxylic acids is 1. The van der Waals surface area contributed by atoms with E-state index < -0.39 is 5.97 Å². The lowest BCUT2D eigenvalue weighted by Gasteiger charge is -2.21. The molecule has 2 aromatic heterocycles. The number of esters is 1. The van der Waals surface area contributed by atoms with Gasteiger partial charge in [0.1, 0.15) is 22.3 Å². The standard InChI is InChI=1S/C18H22ClN5O3/c1-5-10-7-24(16-13(10)15(19)22-18(20)23-16)8-12-9(2)14(26-3)11(6-21-12)17(25)27-4/h6,10H,5,7-8H2,1-4H3,(H2,20,22,23). The Balaban J connectivity index is 1.99. The number of nitrogens with zero attached hydrogens (tertiary/aromatic N) is 4. The van der Waals surface area contributed by atoms with Gasteiger partial charge in [0, 0.05) is 29.8 Å². The molecule has 27 heavy (non-hydrogen) atoms. The summed E-state index contributed by atoms with van der Waals surface area (Å²) in [4.78, 5) is 27.0. The first kappa shape index (κ1) is 19.2. The third kappa shape index (κ3) is 3.37. The molecule has 1 atom stereocenters. The second-order valence-corrected chi connectivity index (χ2v) is 6.72. The third-order valence-corrected chi connectivity index (χ3v) is 5.14. The van der Waals surface area contributed by atoms with Gasteiger partial charge < -0.3 is 20.1 Å². The Kier molecular flexibility index (Phi) is 5.36. The SMILES string of the molecule is CCC1CN(Cc2ncc(C(=O)OC)c(OC)c2C)c2nc(N)nc(Cl)c21. The molecule has 2 N–H and O–H groups in total. The summed E-state index contributed by atoms with van der Waals surface area (Å²) in [6.07, 6.45) is 2.39. The molecule has 9 heteroatoms. The van der Waals surface area contributed by atoms with E-state index >= 15 is 0 Å². The number of hydrogen-bond donors (Lipinski definition) is 1. The zero-order valence-electron chi connectivity index (χ0n) is 15.7. The molecule has 0 saturated heterocycles. The number of methoxy groups -OCH3 is 2. The van der Waals surface area contributed by atoms with Crippen LogP contribution in [-0.4, -0.2) is 41.7 Å². The van der Waals surface area contributed by atoms with Gasteiger partial charge in [-0.3, -0.25) is 4.98 Å². The normalized spacial score (nSPS) is 15.6. The Morgan fingerprint density at radius 3 is 2.78 bits per heavy atom. The van der Waals surface area contributed by atoms with Crippen LogP contribution in [-0.2, 0) is 11.3 Å². The van der Waals surface area contributed by atoms with Crippen molar-refractivity contribution in [3.8, 4) is 5.75 Å². The summed E-state index contributed by atoms with van der Waals surface area (Å²) in [5, 5.41) is 0.398. The molecule has 0 bridgehead atoms. The van der Waals surface area contributed by atoms with E-state index in [1.54, 1.807) is 0 Å². The maximum Gasteiger partial charge on any atom is 0.343 e. The van der Waals surface area contributed by atoms with Crippen LogP contribution < -0.4 is 15.4 Å². The monoisotopic (exact) mass is 391 g/mol. The van der Waals surface area contributed by atoms with E-state index in [0.29, 0.717) is 23.0 Å². The molecule has 3 heterocycles. The first-order valence-electron chi connectivity index (χ1n) is 8.59. The molecule has 144 valence electrons. The van der Waals surface area contributed by atoms with Gasteiger partial charge in [0.25, 0.3) is 0 Å². The van der Waals surface area contributed by atoms with Gasteiger partial charge in [-0.05, 0) is 13.3 Å². The van der Waals surface area contributed by atoms with E-state index in [2.05, 4.69) is 26.8 Å². The minimum Gasteiger partial charge on any atom is -0.495 e. The fourth-order valence-corrected chi connectivity index (χ4v) is 3.77. The van der Waals surface area contributed by atoms with E-state index in [0.717, 1.165) is 35.6 Å². The summed E-state index contributed by atoms with van der Waals surface area (Å²) in [5.41, 5.74) is 8.56. The molecular formula is C18H22ClN5O3. The Hall–Kier alpha value is -2.61. The lowest BCUT2D eigenvalue weighted by atomic mass is 10.0. The molecule has 0 aliphatic carbocycles. The van der Waals surface area contributed by atoms with Crippen molar-refractivity contribution in [2.45, 2.75) is 32.7 Å². The fraction of sp³-hybridized carbons (Fsp3) is 0.444. The first-order chi connectivity index (χ1) is 12.9. The number of nitrogens with two attached hydrogens (primary N) is 1. The van der Waals surface area contributed by atoms with Crippen molar-refractivity contribution in [1.29, 1.82) is 0 Å². The lowest BCUT2D eigenvalue weighted by molar-refractivity contribution is 0.0596. The number of rotatable bonds is 5. The van der Waals surface area contributed by atoms with Gasteiger partial charge in [0.05, 0.1) is 26.5 Å². The molecule has 3 rings (SSSR count). The maximum atomic E-state index is 11.9. The fourth-order valence-electron chi connectivity index (χ4n) is 3.44. The Morgan fingerprint density at radius 2 is 2.15 bits per heavy atom. The Morgan fingerprint density at radius 1 is 1.41 bits per heavy atom. The van der Waals surface area contributed by atoms with Crippen molar-refractivity contribution in [3.05, 3.63) is 33.7 Å². The van der Waals surface area contributed by atoms with Crippen LogP contribution in [0.5, 0.6) is 5.75 Å². The summed E-state index contributed by atoms with van der Waals surface area (Å²) in [5.74, 6) is 1.07. The molecule has 0 fully saturated rings. The number of carbonyl (C=O) groups is 1. The largest absolute Gasteiger partial charge is 0.495 e. The third-order valence-electron chi connectivity index (χ3n) is 4.86. The molecule has 1 unspecified atom stereocenters. The van der Waals surface area contributed by atoms with Gasteiger partial charge in [0.2, 0.25) is 5.95 Å². The average Bonchev–Trinajstić information content (AvgIpc) is 3.00. The molecule has 1 aliphatic rings. The van der Waals surface area contributed by atoms with Crippen LogP contribution in [0.2, 0.25) is 5.15 Å². The van der Waals surface area contributed by atoms with E-state index in [9.17, 15) is 4.79 Å². The highest BCUT2D eigenvalue weighted by Gasteiger charge is 2.33. The van der Waals surface area contributed by atoms with Crippen molar-refractivity contribution in [2.24, 2.45) is 0 Å². The average molecular weight is 392 g/mol. The summed E-state index contributed by atoms with van der Waals surface area (Å²) < 4.78 is 10.2. The number of halogens is 1. The summed E-state index contributed by atoms with van der Waals surface area (Å²) in [7, 11) is 2.84. The topological polar surface area (TPSA) is 103 Å². The number of ether oxygens (including phenoxy) is 2.